The normalized spacial score (nSPS) is 11.7. The summed E-state index contributed by atoms with van der Waals surface area (Å²) in [5.41, 5.74) is 2.69. The van der Waals surface area contributed by atoms with Crippen LogP contribution in [0.1, 0.15) is 33.3 Å². The summed E-state index contributed by atoms with van der Waals surface area (Å²) < 4.78 is 0. The van der Waals surface area contributed by atoms with Crippen molar-refractivity contribution in [1.82, 2.24) is 10.3 Å². The van der Waals surface area contributed by atoms with Crippen LogP contribution in [0.2, 0.25) is 0 Å². The number of carbonyl (C=O) groups is 2. The van der Waals surface area contributed by atoms with E-state index in [0.717, 1.165) is 5.69 Å². The monoisotopic (exact) mass is 459 g/mol. The molecule has 1 heterocycles. The van der Waals surface area contributed by atoms with Gasteiger partial charge in [-0.1, -0.05) is 30.3 Å². The van der Waals surface area contributed by atoms with Crippen LogP contribution in [0.4, 0.5) is 0 Å². The Hall–Kier alpha value is -2.56. The van der Waals surface area contributed by atoms with Crippen LogP contribution in [-0.4, -0.2) is 23.6 Å². The van der Waals surface area contributed by atoms with Gasteiger partial charge in [0.15, 0.2) is 5.78 Å². The molecule has 1 N–H and O–H groups in total. The van der Waals surface area contributed by atoms with E-state index in [1.165, 1.54) is 0 Å². The summed E-state index contributed by atoms with van der Waals surface area (Å²) in [5, 5.41) is 2.78. The number of pyridine rings is 1. The minimum atomic E-state index is -0.106. The van der Waals surface area contributed by atoms with Crippen LogP contribution in [0, 0.1) is 13.0 Å². The standard InChI is InChI=1S/C12H11NO2.C6H6N.C6H5.Y/c1-7-10(13-2)12(15)9-6-4-3-5-8(9)11(7)14;1-6-4-2-3-5-7-6;1-2-4-6-5-3-1;/h3-6,13H,1-2H3;2-5H,1H2;1-5H;/q;2*-1;. The van der Waals surface area contributed by atoms with E-state index in [0.29, 0.717) is 22.4 Å². The van der Waals surface area contributed by atoms with Gasteiger partial charge in [-0.3, -0.25) is 14.6 Å². The number of nitrogens with one attached hydrogen (secondary N) is 1. The number of carbonyl (C=O) groups excluding carboxylic acids is 2. The molecule has 0 bridgehead atoms. The number of Topliss-reactive ketones (excluding diaryl/α,β-unsaturated/α-hetero) is 2. The first-order valence-electron chi connectivity index (χ1n) is 8.77. The van der Waals surface area contributed by atoms with Crippen molar-refractivity contribution in [2.24, 2.45) is 0 Å². The first kappa shape index (κ1) is 24.5. The minimum Gasteiger partial charge on any atom is -0.385 e. The smallest absolute Gasteiger partial charge is 0.209 e. The minimum absolute atomic E-state index is 0. The molecule has 3 aromatic rings. The Morgan fingerprint density at radius 2 is 1.45 bits per heavy atom. The molecule has 145 valence electrons. The second-order valence-corrected chi connectivity index (χ2v) is 5.85. The Bertz CT molecular complexity index is 928. The second kappa shape index (κ2) is 12.8. The largest absolute Gasteiger partial charge is 0.385 e. The zero-order valence-electron chi connectivity index (χ0n) is 16.6. The first-order chi connectivity index (χ1) is 13.6. The Balaban J connectivity index is 0.000000250. The van der Waals surface area contributed by atoms with Crippen molar-refractivity contribution in [3.8, 4) is 0 Å². The van der Waals surface area contributed by atoms with Crippen LogP contribution in [0.15, 0.2) is 90.3 Å². The van der Waals surface area contributed by atoms with Gasteiger partial charge >= 0.3 is 0 Å². The third kappa shape index (κ3) is 7.08. The summed E-state index contributed by atoms with van der Waals surface area (Å²) in [6.07, 6.45) is 1.72. The van der Waals surface area contributed by atoms with Crippen molar-refractivity contribution in [3.63, 3.8) is 0 Å². The van der Waals surface area contributed by atoms with E-state index < -0.39 is 0 Å². The molecule has 2 aromatic carbocycles. The average molecular weight is 459 g/mol. The van der Waals surface area contributed by atoms with Crippen molar-refractivity contribution in [1.29, 1.82) is 0 Å². The maximum absolute atomic E-state index is 11.9. The molecule has 1 aromatic heterocycles. The van der Waals surface area contributed by atoms with Gasteiger partial charge in [-0.25, -0.2) is 6.92 Å². The van der Waals surface area contributed by atoms with Gasteiger partial charge in [0.05, 0.1) is 5.70 Å². The van der Waals surface area contributed by atoms with Crippen LogP contribution < -0.4 is 5.32 Å². The summed E-state index contributed by atoms with van der Waals surface area (Å²) in [6.45, 7) is 5.28. The number of likely N-dealkylation sites (N-methyl/N-ethyl adjacent to an activating group) is 1. The van der Waals surface area contributed by atoms with E-state index in [2.05, 4.69) is 23.3 Å². The Morgan fingerprint density at radius 1 is 0.862 bits per heavy atom. The van der Waals surface area contributed by atoms with E-state index in [1.807, 2.05) is 48.5 Å². The van der Waals surface area contributed by atoms with E-state index in [4.69, 9.17) is 0 Å². The number of benzene rings is 2. The molecule has 29 heavy (non-hydrogen) atoms. The maximum Gasteiger partial charge on any atom is 0.209 e. The molecule has 0 aliphatic heterocycles. The Kier molecular flexibility index (Phi) is 10.8. The number of nitrogens with zero attached hydrogens (tertiary/aromatic N) is 1. The predicted octanol–water partition coefficient (Wildman–Crippen LogP) is 4.31. The summed E-state index contributed by atoms with van der Waals surface area (Å²) in [4.78, 5) is 27.7. The summed E-state index contributed by atoms with van der Waals surface area (Å²) in [5.74, 6) is -0.181. The summed E-state index contributed by atoms with van der Waals surface area (Å²) in [6, 6.07) is 25.0. The van der Waals surface area contributed by atoms with Gasteiger partial charge in [-0.05, 0) is 6.92 Å². The van der Waals surface area contributed by atoms with Crippen LogP contribution in [0.5, 0.6) is 0 Å². The van der Waals surface area contributed by atoms with E-state index in [9.17, 15) is 9.59 Å². The number of fused-ring (bicyclic) bond motifs is 1. The maximum atomic E-state index is 11.9. The van der Waals surface area contributed by atoms with Crippen LogP contribution in [0.3, 0.4) is 0 Å². The van der Waals surface area contributed by atoms with Crippen molar-refractivity contribution >= 4 is 11.6 Å². The number of allylic oxidation sites excluding steroid dienone is 2. The molecule has 1 radical (unpaired) electrons. The molecular formula is C24H22N2O2Y-2. The van der Waals surface area contributed by atoms with E-state index in [1.54, 1.807) is 44.4 Å². The molecule has 0 saturated carbocycles. The van der Waals surface area contributed by atoms with Crippen LogP contribution in [0.25, 0.3) is 0 Å². The number of rotatable bonds is 1. The fourth-order valence-corrected chi connectivity index (χ4v) is 2.54. The molecule has 5 heteroatoms. The van der Waals surface area contributed by atoms with Crippen molar-refractivity contribution in [2.45, 2.75) is 6.92 Å². The number of hydrogen-bond acceptors (Lipinski definition) is 4. The van der Waals surface area contributed by atoms with Gasteiger partial charge < -0.3 is 5.32 Å². The SMILES string of the molecule is CNC1=C(C)C(=O)c2ccccc2C1=O.[CH2-]c1ccccn1.[Y].[c-]1ccccc1. The zero-order chi connectivity index (χ0) is 20.4. The molecule has 0 atom stereocenters. The fourth-order valence-electron chi connectivity index (χ4n) is 2.54. The summed E-state index contributed by atoms with van der Waals surface area (Å²) in [7, 11) is 1.65. The number of hydrogen-bond donors (Lipinski definition) is 1. The first-order valence-corrected chi connectivity index (χ1v) is 8.77. The fraction of sp³-hybridized carbons (Fsp3) is 0.0833. The molecule has 0 saturated heterocycles. The second-order valence-electron chi connectivity index (χ2n) is 5.85. The average Bonchev–Trinajstić information content (AvgIpc) is 2.75. The quantitative estimate of drug-likeness (QED) is 0.552. The zero-order valence-corrected chi connectivity index (χ0v) is 19.4. The van der Waals surface area contributed by atoms with Gasteiger partial charge in [0.1, 0.15) is 0 Å². The predicted molar refractivity (Wildman–Crippen MR) is 111 cm³/mol. The van der Waals surface area contributed by atoms with Crippen LogP contribution >= 0.6 is 0 Å². The summed E-state index contributed by atoms with van der Waals surface area (Å²) >= 11 is 0. The van der Waals surface area contributed by atoms with Crippen molar-refractivity contribution < 1.29 is 42.3 Å². The van der Waals surface area contributed by atoms with Gasteiger partial charge in [0.2, 0.25) is 5.78 Å². The molecule has 4 nitrogen and oxygen atoms in total. The van der Waals surface area contributed by atoms with Crippen LogP contribution in [-0.2, 0) is 32.7 Å². The van der Waals surface area contributed by atoms with E-state index in [-0.39, 0.29) is 44.3 Å². The third-order valence-corrected chi connectivity index (χ3v) is 3.94. The van der Waals surface area contributed by atoms with Gasteiger partial charge in [0, 0.05) is 62.7 Å². The van der Waals surface area contributed by atoms with Crippen molar-refractivity contribution in [3.05, 3.63) is 120 Å². The number of ketones is 2. The molecule has 0 unspecified atom stereocenters. The molecule has 0 spiro atoms. The molecular weight excluding hydrogens is 437 g/mol. The molecule has 0 fully saturated rings. The number of aromatic nitrogens is 1. The van der Waals surface area contributed by atoms with E-state index >= 15 is 0 Å². The Labute approximate surface area is 197 Å². The molecule has 1 aliphatic carbocycles. The molecule has 1 aliphatic rings. The van der Waals surface area contributed by atoms with Gasteiger partial charge in [-0.15, -0.1) is 11.8 Å². The Morgan fingerprint density at radius 3 is 1.83 bits per heavy atom. The molecule has 4 rings (SSSR count). The van der Waals surface area contributed by atoms with Gasteiger partial charge in [0.25, 0.3) is 0 Å². The van der Waals surface area contributed by atoms with Crippen molar-refractivity contribution in [2.75, 3.05) is 7.05 Å². The van der Waals surface area contributed by atoms with Gasteiger partial charge in [-0.2, -0.15) is 42.5 Å². The topological polar surface area (TPSA) is 59.1 Å². The third-order valence-electron chi connectivity index (χ3n) is 3.94. The molecule has 0 amide bonds.